The number of aromatic nitrogens is 4. The van der Waals surface area contributed by atoms with Gasteiger partial charge in [-0.2, -0.15) is 0 Å². The Morgan fingerprint density at radius 1 is 0.938 bits per heavy atom. The summed E-state index contributed by atoms with van der Waals surface area (Å²) in [5.41, 5.74) is 4.03. The van der Waals surface area contributed by atoms with E-state index in [-0.39, 0.29) is 11.4 Å². The van der Waals surface area contributed by atoms with Crippen LogP contribution < -0.4 is 4.90 Å². The average molecular weight is 431 g/mol. The minimum absolute atomic E-state index is 0.0351. The van der Waals surface area contributed by atoms with Crippen LogP contribution in [0.3, 0.4) is 0 Å². The zero-order valence-electron chi connectivity index (χ0n) is 17.5. The van der Waals surface area contributed by atoms with Crippen molar-refractivity contribution >= 4 is 5.69 Å². The molecule has 5 rings (SSSR count). The highest BCUT2D eigenvalue weighted by molar-refractivity contribution is 5.66. The Balaban J connectivity index is 1.38. The fraction of sp³-hybridized carbons (Fsp3) is 0.125. The average Bonchev–Trinajstić information content (AvgIpc) is 3.42. The molecule has 6 nitrogen and oxygen atoms in total. The highest BCUT2D eigenvalue weighted by atomic mass is 19.2. The van der Waals surface area contributed by atoms with Crippen LogP contribution in [0.5, 0.6) is 0 Å². The lowest BCUT2D eigenvalue weighted by molar-refractivity contribution is 0.378. The number of fused-ring (bicyclic) bond motifs is 1. The third kappa shape index (κ3) is 3.71. The quantitative estimate of drug-likeness (QED) is 0.388. The van der Waals surface area contributed by atoms with Crippen molar-refractivity contribution in [2.75, 3.05) is 19.0 Å². The van der Waals surface area contributed by atoms with E-state index >= 15 is 0 Å². The maximum atomic E-state index is 14.1. The van der Waals surface area contributed by atoms with Gasteiger partial charge in [-0.1, -0.05) is 23.4 Å². The van der Waals surface area contributed by atoms with Crippen LogP contribution in [0.4, 0.5) is 14.5 Å². The van der Waals surface area contributed by atoms with Crippen LogP contribution in [0.25, 0.3) is 34.0 Å². The fourth-order valence-corrected chi connectivity index (χ4v) is 3.48. The van der Waals surface area contributed by atoms with Gasteiger partial charge in [0.05, 0.1) is 17.8 Å². The first-order valence-corrected chi connectivity index (χ1v) is 9.99. The minimum Gasteiger partial charge on any atom is -0.378 e. The Bertz CT molecular complexity index is 1360. The van der Waals surface area contributed by atoms with Gasteiger partial charge in [0.25, 0.3) is 0 Å². The first-order chi connectivity index (χ1) is 15.5. The van der Waals surface area contributed by atoms with Gasteiger partial charge in [-0.3, -0.25) is 0 Å². The fourth-order valence-electron chi connectivity index (χ4n) is 3.48. The molecular formula is C24H19F2N5O. The van der Waals surface area contributed by atoms with Crippen LogP contribution in [0.2, 0.25) is 0 Å². The first-order valence-electron chi connectivity index (χ1n) is 9.99. The SMILES string of the molecule is CN(C)c1ccc(-c2cc(Cn3ccc4nc(-c5cccc(F)c5F)nc-4c3)on2)cc1. The number of anilines is 1. The van der Waals surface area contributed by atoms with Crippen molar-refractivity contribution in [2.45, 2.75) is 6.54 Å². The Morgan fingerprint density at radius 3 is 2.50 bits per heavy atom. The second-order valence-electron chi connectivity index (χ2n) is 7.66. The van der Waals surface area contributed by atoms with E-state index in [1.807, 2.05) is 60.1 Å². The largest absolute Gasteiger partial charge is 0.378 e. The molecule has 2 aliphatic heterocycles. The zero-order chi connectivity index (χ0) is 22.2. The lowest BCUT2D eigenvalue weighted by Crippen LogP contribution is -2.07. The predicted molar refractivity (Wildman–Crippen MR) is 117 cm³/mol. The van der Waals surface area contributed by atoms with E-state index in [1.54, 1.807) is 12.3 Å². The molecule has 0 spiro atoms. The molecule has 8 heteroatoms. The van der Waals surface area contributed by atoms with Crippen molar-refractivity contribution in [3.8, 4) is 34.0 Å². The van der Waals surface area contributed by atoms with Crippen LogP contribution in [-0.4, -0.2) is 33.8 Å². The molecule has 3 aromatic rings. The number of hydrogen-bond acceptors (Lipinski definition) is 5. The molecule has 32 heavy (non-hydrogen) atoms. The second-order valence-corrected chi connectivity index (χ2v) is 7.66. The van der Waals surface area contributed by atoms with E-state index in [1.165, 1.54) is 12.1 Å². The van der Waals surface area contributed by atoms with E-state index in [0.29, 0.717) is 23.7 Å². The van der Waals surface area contributed by atoms with E-state index in [9.17, 15) is 8.78 Å². The summed E-state index contributed by atoms with van der Waals surface area (Å²) in [6.45, 7) is 0.440. The monoisotopic (exact) mass is 431 g/mol. The topological polar surface area (TPSA) is 60.0 Å². The van der Waals surface area contributed by atoms with Crippen molar-refractivity contribution < 1.29 is 13.3 Å². The third-order valence-electron chi connectivity index (χ3n) is 5.20. The Morgan fingerprint density at radius 2 is 1.72 bits per heavy atom. The molecule has 2 aromatic carbocycles. The van der Waals surface area contributed by atoms with Crippen LogP contribution >= 0.6 is 0 Å². The van der Waals surface area contributed by atoms with E-state index in [0.717, 1.165) is 23.0 Å². The van der Waals surface area contributed by atoms with Crippen molar-refractivity contribution in [3.05, 3.63) is 84.4 Å². The van der Waals surface area contributed by atoms with Gasteiger partial charge in [0.2, 0.25) is 0 Å². The van der Waals surface area contributed by atoms with Crippen molar-refractivity contribution in [1.29, 1.82) is 0 Å². The predicted octanol–water partition coefficient (Wildman–Crippen LogP) is 5.10. The molecule has 0 atom stereocenters. The van der Waals surface area contributed by atoms with Gasteiger partial charge < -0.3 is 14.0 Å². The summed E-state index contributed by atoms with van der Waals surface area (Å²) in [4.78, 5) is 10.7. The highest BCUT2D eigenvalue weighted by Gasteiger charge is 2.18. The molecule has 0 unspecified atom stereocenters. The van der Waals surface area contributed by atoms with Gasteiger partial charge in [-0.25, -0.2) is 18.7 Å². The van der Waals surface area contributed by atoms with Crippen molar-refractivity contribution in [3.63, 3.8) is 0 Å². The lowest BCUT2D eigenvalue weighted by Gasteiger charge is -2.11. The van der Waals surface area contributed by atoms with Gasteiger partial charge in [-0.05, 0) is 30.3 Å². The molecule has 160 valence electrons. The van der Waals surface area contributed by atoms with Gasteiger partial charge in [0.15, 0.2) is 23.2 Å². The molecule has 0 aliphatic carbocycles. The number of benzene rings is 2. The lowest BCUT2D eigenvalue weighted by atomic mass is 10.1. The molecule has 3 heterocycles. The van der Waals surface area contributed by atoms with Crippen LogP contribution in [0.15, 0.2) is 71.5 Å². The number of nitrogens with zero attached hydrogens (tertiary/aromatic N) is 5. The molecule has 0 saturated heterocycles. The molecule has 0 N–H and O–H groups in total. The molecule has 0 amide bonds. The summed E-state index contributed by atoms with van der Waals surface area (Å²) in [5, 5.41) is 4.17. The van der Waals surface area contributed by atoms with Crippen LogP contribution in [-0.2, 0) is 6.54 Å². The summed E-state index contributed by atoms with van der Waals surface area (Å²) < 4.78 is 35.0. The maximum Gasteiger partial charge on any atom is 0.169 e. The number of rotatable bonds is 5. The molecule has 0 fully saturated rings. The van der Waals surface area contributed by atoms with Crippen molar-refractivity contribution in [1.82, 2.24) is 19.7 Å². The molecule has 0 radical (unpaired) electrons. The summed E-state index contributed by atoms with van der Waals surface area (Å²) in [6.07, 6.45) is 3.62. The molecule has 1 aromatic heterocycles. The Labute approximate surface area is 183 Å². The first kappa shape index (κ1) is 19.9. The number of imidazole rings is 1. The third-order valence-corrected chi connectivity index (χ3v) is 5.20. The summed E-state index contributed by atoms with van der Waals surface area (Å²) in [5.74, 6) is -1.05. The number of hydrogen-bond donors (Lipinski definition) is 0. The van der Waals surface area contributed by atoms with E-state index < -0.39 is 11.6 Å². The Kier molecular flexibility index (Phi) is 4.89. The molecule has 0 bridgehead atoms. The standard InChI is InChI=1S/C24H19F2N5O/c1-30(2)16-8-6-15(7-9-16)21-12-17(32-29-21)13-31-11-10-20-22(14-31)28-24(27-20)18-4-3-5-19(25)23(18)26/h3-12,14H,13H2,1-2H3. The summed E-state index contributed by atoms with van der Waals surface area (Å²) in [7, 11) is 3.98. The highest BCUT2D eigenvalue weighted by Crippen LogP contribution is 2.28. The minimum atomic E-state index is -0.955. The molecule has 2 aliphatic rings. The van der Waals surface area contributed by atoms with E-state index in [4.69, 9.17) is 4.52 Å². The molecular weight excluding hydrogens is 412 g/mol. The number of halogens is 2. The normalized spacial score (nSPS) is 11.2. The smallest absolute Gasteiger partial charge is 0.169 e. The van der Waals surface area contributed by atoms with Gasteiger partial charge >= 0.3 is 0 Å². The zero-order valence-corrected chi connectivity index (χ0v) is 17.5. The number of pyridine rings is 1. The Hall–Kier alpha value is -4.07. The van der Waals surface area contributed by atoms with Crippen LogP contribution in [0.1, 0.15) is 5.76 Å². The van der Waals surface area contributed by atoms with Gasteiger partial charge in [0.1, 0.15) is 11.4 Å². The summed E-state index contributed by atoms with van der Waals surface area (Å²) >= 11 is 0. The van der Waals surface area contributed by atoms with E-state index in [2.05, 4.69) is 15.1 Å². The second kappa shape index (κ2) is 7.88. The maximum absolute atomic E-state index is 14.1. The molecule has 0 saturated carbocycles. The van der Waals surface area contributed by atoms with Crippen molar-refractivity contribution in [2.24, 2.45) is 0 Å². The van der Waals surface area contributed by atoms with Gasteiger partial charge in [-0.15, -0.1) is 0 Å². The van der Waals surface area contributed by atoms with Gasteiger partial charge in [0, 0.05) is 43.8 Å². The summed E-state index contributed by atoms with van der Waals surface area (Å²) in [6, 6.07) is 15.7. The van der Waals surface area contributed by atoms with Crippen LogP contribution in [0, 0.1) is 11.6 Å².